The van der Waals surface area contributed by atoms with Crippen LogP contribution in [0.25, 0.3) is 11.4 Å². The first kappa shape index (κ1) is 10.3. The van der Waals surface area contributed by atoms with Crippen LogP contribution in [0, 0.1) is 13.8 Å². The smallest absolute Gasteiger partial charge is 0.166 e. The number of nitrogens with zero attached hydrogens (tertiary/aromatic N) is 3. The summed E-state index contributed by atoms with van der Waals surface area (Å²) in [4.78, 5) is 0. The van der Waals surface area contributed by atoms with Gasteiger partial charge >= 0.3 is 0 Å². The Morgan fingerprint density at radius 2 is 2.00 bits per heavy atom. The fourth-order valence-corrected chi connectivity index (χ4v) is 2.20. The van der Waals surface area contributed by atoms with Crippen LogP contribution in [-0.2, 0) is 0 Å². The highest BCUT2D eigenvalue weighted by atomic mass is 15.3. The number of nitrogen functional groups attached to an aromatic ring is 1. The van der Waals surface area contributed by atoms with Crippen molar-refractivity contribution in [3.05, 3.63) is 29.6 Å². The number of rotatable bonds is 2. The zero-order chi connectivity index (χ0) is 12.0. The summed E-state index contributed by atoms with van der Waals surface area (Å²) in [6, 6.07) is 6.62. The summed E-state index contributed by atoms with van der Waals surface area (Å²) in [6.45, 7) is 4.02. The fourth-order valence-electron chi connectivity index (χ4n) is 2.20. The van der Waals surface area contributed by atoms with Crippen LogP contribution in [-0.4, -0.2) is 14.8 Å². The molecule has 88 valence electrons. The van der Waals surface area contributed by atoms with Crippen LogP contribution in [0.15, 0.2) is 18.2 Å². The summed E-state index contributed by atoms with van der Waals surface area (Å²) < 4.78 is 2.21. The van der Waals surface area contributed by atoms with E-state index in [4.69, 9.17) is 5.73 Å². The molecule has 1 aromatic carbocycles. The number of para-hydroxylation sites is 1. The molecule has 0 atom stereocenters. The molecular formula is C13H16N4. The van der Waals surface area contributed by atoms with E-state index in [1.165, 1.54) is 12.8 Å². The molecule has 0 unspecified atom stereocenters. The SMILES string of the molecule is Cc1cccc(-c2nnc(C)n2C2CC2)c1N. The van der Waals surface area contributed by atoms with Gasteiger partial charge in [-0.1, -0.05) is 12.1 Å². The van der Waals surface area contributed by atoms with Gasteiger partial charge in [-0.05, 0) is 38.3 Å². The van der Waals surface area contributed by atoms with Gasteiger partial charge in [0.1, 0.15) is 5.82 Å². The fraction of sp³-hybridized carbons (Fsp3) is 0.385. The minimum absolute atomic E-state index is 0.569. The number of aromatic nitrogens is 3. The van der Waals surface area contributed by atoms with E-state index in [0.29, 0.717) is 6.04 Å². The van der Waals surface area contributed by atoms with Gasteiger partial charge in [0.25, 0.3) is 0 Å². The van der Waals surface area contributed by atoms with Crippen molar-refractivity contribution in [2.75, 3.05) is 5.73 Å². The van der Waals surface area contributed by atoms with Gasteiger partial charge in [0.15, 0.2) is 5.82 Å². The van der Waals surface area contributed by atoms with E-state index in [2.05, 4.69) is 14.8 Å². The minimum Gasteiger partial charge on any atom is -0.398 e. The Labute approximate surface area is 100 Å². The molecule has 0 spiro atoms. The van der Waals surface area contributed by atoms with Crippen molar-refractivity contribution in [3.8, 4) is 11.4 Å². The quantitative estimate of drug-likeness (QED) is 0.803. The summed E-state index contributed by atoms with van der Waals surface area (Å²) in [5.74, 6) is 1.88. The molecular weight excluding hydrogens is 212 g/mol. The van der Waals surface area contributed by atoms with Crippen LogP contribution >= 0.6 is 0 Å². The zero-order valence-electron chi connectivity index (χ0n) is 10.1. The second kappa shape index (κ2) is 3.58. The first-order chi connectivity index (χ1) is 8.18. The molecule has 1 heterocycles. The summed E-state index contributed by atoms with van der Waals surface area (Å²) >= 11 is 0. The van der Waals surface area contributed by atoms with E-state index < -0.39 is 0 Å². The molecule has 3 rings (SSSR count). The van der Waals surface area contributed by atoms with Crippen molar-refractivity contribution < 1.29 is 0 Å². The Kier molecular flexibility index (Phi) is 2.18. The molecule has 2 aromatic rings. The van der Waals surface area contributed by atoms with Crippen LogP contribution in [0.5, 0.6) is 0 Å². The van der Waals surface area contributed by atoms with Crippen molar-refractivity contribution in [1.29, 1.82) is 0 Å². The predicted octanol–water partition coefficient (Wildman–Crippen LogP) is 2.48. The number of hydrogen-bond donors (Lipinski definition) is 1. The molecule has 0 aliphatic heterocycles. The monoisotopic (exact) mass is 228 g/mol. The topological polar surface area (TPSA) is 56.7 Å². The first-order valence-electron chi connectivity index (χ1n) is 5.95. The molecule has 1 aliphatic rings. The third-order valence-electron chi connectivity index (χ3n) is 3.34. The molecule has 0 bridgehead atoms. The van der Waals surface area contributed by atoms with Gasteiger partial charge < -0.3 is 10.3 Å². The third-order valence-corrected chi connectivity index (χ3v) is 3.34. The zero-order valence-corrected chi connectivity index (χ0v) is 10.1. The number of hydrogen-bond acceptors (Lipinski definition) is 3. The molecule has 1 aromatic heterocycles. The molecule has 0 amide bonds. The van der Waals surface area contributed by atoms with E-state index in [-0.39, 0.29) is 0 Å². The Balaban J connectivity index is 2.18. The number of benzene rings is 1. The lowest BCUT2D eigenvalue weighted by Gasteiger charge is -2.10. The van der Waals surface area contributed by atoms with Crippen molar-refractivity contribution in [3.63, 3.8) is 0 Å². The van der Waals surface area contributed by atoms with E-state index in [0.717, 1.165) is 28.5 Å². The van der Waals surface area contributed by atoms with Crippen LogP contribution in [0.4, 0.5) is 5.69 Å². The lowest BCUT2D eigenvalue weighted by atomic mass is 10.1. The molecule has 2 N–H and O–H groups in total. The Bertz CT molecular complexity index is 567. The highest BCUT2D eigenvalue weighted by Gasteiger charge is 2.29. The first-order valence-corrected chi connectivity index (χ1v) is 5.95. The Morgan fingerprint density at radius 3 is 2.71 bits per heavy atom. The molecule has 0 radical (unpaired) electrons. The molecule has 1 saturated carbocycles. The summed E-state index contributed by atoms with van der Waals surface area (Å²) in [7, 11) is 0. The van der Waals surface area contributed by atoms with E-state index >= 15 is 0 Å². The third kappa shape index (κ3) is 1.60. The molecule has 1 aliphatic carbocycles. The van der Waals surface area contributed by atoms with E-state index in [1.807, 2.05) is 32.0 Å². The number of aryl methyl sites for hydroxylation is 2. The maximum Gasteiger partial charge on any atom is 0.166 e. The lowest BCUT2D eigenvalue weighted by Crippen LogP contribution is -2.02. The highest BCUT2D eigenvalue weighted by molar-refractivity contribution is 5.74. The van der Waals surface area contributed by atoms with Gasteiger partial charge in [-0.25, -0.2) is 0 Å². The van der Waals surface area contributed by atoms with Crippen molar-refractivity contribution >= 4 is 5.69 Å². The van der Waals surface area contributed by atoms with Gasteiger partial charge in [0.2, 0.25) is 0 Å². The van der Waals surface area contributed by atoms with Gasteiger partial charge in [-0.2, -0.15) is 0 Å². The molecule has 1 fully saturated rings. The average molecular weight is 228 g/mol. The van der Waals surface area contributed by atoms with Gasteiger partial charge in [-0.15, -0.1) is 10.2 Å². The molecule has 0 saturated heterocycles. The standard InChI is InChI=1S/C13H16N4/c1-8-4-3-5-11(12(8)14)13-16-15-9(2)17(13)10-6-7-10/h3-5,10H,6-7,14H2,1-2H3. The Morgan fingerprint density at radius 1 is 1.24 bits per heavy atom. The molecule has 4 heteroatoms. The number of nitrogens with two attached hydrogens (primary N) is 1. The summed E-state index contributed by atoms with van der Waals surface area (Å²) in [5, 5.41) is 8.46. The average Bonchev–Trinajstić information content (AvgIpc) is 3.07. The van der Waals surface area contributed by atoms with Crippen LogP contribution in [0.3, 0.4) is 0 Å². The summed E-state index contributed by atoms with van der Waals surface area (Å²) in [6.07, 6.45) is 2.44. The highest BCUT2D eigenvalue weighted by Crippen LogP contribution is 2.39. The van der Waals surface area contributed by atoms with Crippen molar-refractivity contribution in [2.24, 2.45) is 0 Å². The second-order valence-corrected chi connectivity index (χ2v) is 4.71. The normalized spacial score (nSPS) is 15.2. The second-order valence-electron chi connectivity index (χ2n) is 4.71. The van der Waals surface area contributed by atoms with Crippen molar-refractivity contribution in [2.45, 2.75) is 32.7 Å². The van der Waals surface area contributed by atoms with E-state index in [1.54, 1.807) is 0 Å². The van der Waals surface area contributed by atoms with Crippen LogP contribution in [0.2, 0.25) is 0 Å². The maximum atomic E-state index is 6.13. The molecule has 17 heavy (non-hydrogen) atoms. The maximum absolute atomic E-state index is 6.13. The molecule has 4 nitrogen and oxygen atoms in total. The van der Waals surface area contributed by atoms with Gasteiger partial charge in [0, 0.05) is 17.3 Å². The summed E-state index contributed by atoms with van der Waals surface area (Å²) in [5.41, 5.74) is 9.03. The minimum atomic E-state index is 0.569. The Hall–Kier alpha value is -1.84. The van der Waals surface area contributed by atoms with Crippen LogP contribution in [0.1, 0.15) is 30.3 Å². The van der Waals surface area contributed by atoms with Crippen molar-refractivity contribution in [1.82, 2.24) is 14.8 Å². The number of anilines is 1. The van der Waals surface area contributed by atoms with Crippen LogP contribution < -0.4 is 5.73 Å². The lowest BCUT2D eigenvalue weighted by molar-refractivity contribution is 0.717. The predicted molar refractivity (Wildman–Crippen MR) is 67.6 cm³/mol. The van der Waals surface area contributed by atoms with Gasteiger partial charge in [0.05, 0.1) is 0 Å². The van der Waals surface area contributed by atoms with E-state index in [9.17, 15) is 0 Å². The largest absolute Gasteiger partial charge is 0.398 e. The van der Waals surface area contributed by atoms with Gasteiger partial charge in [-0.3, -0.25) is 0 Å².